The molecule has 0 aromatic heterocycles. The molecule has 0 aliphatic heterocycles. The van der Waals surface area contributed by atoms with Gasteiger partial charge in [0, 0.05) is 51.5 Å². The van der Waals surface area contributed by atoms with Crippen molar-refractivity contribution in [3.05, 3.63) is 292 Å². The molecule has 6 heteroatoms. The van der Waals surface area contributed by atoms with Crippen molar-refractivity contribution in [1.82, 2.24) is 0 Å². The number of hydrogen-bond acceptors (Lipinski definition) is 2. The smallest absolute Gasteiger partial charge is 0.0520 e. The van der Waals surface area contributed by atoms with Crippen LogP contribution in [0.1, 0.15) is 305 Å². The molecule has 628 valence electrons. The zero-order valence-corrected chi connectivity index (χ0v) is 81.3. The molecule has 0 spiro atoms. The van der Waals surface area contributed by atoms with Gasteiger partial charge in [0.1, 0.15) is 0 Å². The van der Waals surface area contributed by atoms with Gasteiger partial charge in [0.25, 0.3) is 0 Å². The number of fused-ring (bicyclic) bond motifs is 10. The van der Waals surface area contributed by atoms with Gasteiger partial charge in [-0.05, 0) is 295 Å². The normalized spacial score (nSPS) is 13.2. The Morgan fingerprint density at radius 2 is 0.517 bits per heavy atom. The Hall–Kier alpha value is -7.32. The predicted octanol–water partition coefficient (Wildman–Crippen LogP) is 38.4. The molecule has 0 fully saturated rings. The topological polar surface area (TPSA) is 6.48 Å². The van der Waals surface area contributed by atoms with Crippen LogP contribution in [0.3, 0.4) is 0 Å². The van der Waals surface area contributed by atoms with Crippen molar-refractivity contribution < 1.29 is 0 Å². The first kappa shape index (κ1) is 90.4. The van der Waals surface area contributed by atoms with Gasteiger partial charge in [-0.3, -0.25) is 0 Å². The Morgan fingerprint density at radius 1 is 0.258 bits per heavy atom. The molecule has 0 saturated carbocycles. The average Bonchev–Trinajstić information content (AvgIpc) is 1.55. The minimum Gasteiger partial charge on any atom is -0.310 e. The Balaban J connectivity index is 0.000000232. The molecule has 0 heterocycles. The van der Waals surface area contributed by atoms with Crippen LogP contribution in [-0.4, -0.2) is 0 Å². The van der Waals surface area contributed by atoms with E-state index >= 15 is 0 Å². The highest BCUT2D eigenvalue weighted by atomic mass is 79.9. The van der Waals surface area contributed by atoms with E-state index < -0.39 is 0 Å². The van der Waals surface area contributed by atoms with Crippen molar-refractivity contribution in [2.75, 3.05) is 9.80 Å². The quantitative estimate of drug-likeness (QED) is 0.0361. The van der Waals surface area contributed by atoms with Gasteiger partial charge in [-0.1, -0.05) is 396 Å². The van der Waals surface area contributed by atoms with Gasteiger partial charge in [0.05, 0.1) is 11.4 Å². The van der Waals surface area contributed by atoms with Gasteiger partial charge in [0.2, 0.25) is 0 Å². The first-order valence-corrected chi connectivity index (χ1v) is 49.4. The molecular weight excluding hydrogens is 1720 g/mol. The lowest BCUT2D eigenvalue weighted by molar-refractivity contribution is 0.398. The number of unbranched alkanes of at least 4 members (excludes halogenated alkanes) is 20. The van der Waals surface area contributed by atoms with Crippen molar-refractivity contribution in [2.24, 2.45) is 0 Å². The van der Waals surface area contributed by atoms with Gasteiger partial charge in [0.15, 0.2) is 0 Å². The van der Waals surface area contributed by atoms with Crippen molar-refractivity contribution in [2.45, 2.75) is 298 Å². The lowest BCUT2D eigenvalue weighted by Gasteiger charge is -2.34. The van der Waals surface area contributed by atoms with E-state index in [0.717, 1.165) is 31.7 Å². The first-order chi connectivity index (χ1) is 57.9. The number of halogens is 4. The van der Waals surface area contributed by atoms with E-state index in [0.29, 0.717) is 0 Å². The van der Waals surface area contributed by atoms with Crippen molar-refractivity contribution in [3.8, 4) is 44.5 Å². The van der Waals surface area contributed by atoms with Crippen LogP contribution in [0.25, 0.3) is 66.1 Å². The lowest BCUT2D eigenvalue weighted by atomic mass is 9.69. The number of aryl methyl sites for hydroxylation is 4. The molecule has 0 radical (unpaired) electrons. The summed E-state index contributed by atoms with van der Waals surface area (Å²) in [5.41, 5.74) is 32.4. The van der Waals surface area contributed by atoms with Crippen LogP contribution in [-0.2, 0) is 21.7 Å². The summed E-state index contributed by atoms with van der Waals surface area (Å²) < 4.78 is 4.54. The molecule has 12 aromatic carbocycles. The van der Waals surface area contributed by atoms with Crippen LogP contribution in [0.5, 0.6) is 0 Å². The molecule has 2 nitrogen and oxygen atoms in total. The largest absolute Gasteiger partial charge is 0.310 e. The maximum atomic E-state index is 4.00. The molecule has 0 saturated heterocycles. The van der Waals surface area contributed by atoms with Crippen LogP contribution in [0.2, 0.25) is 0 Å². The lowest BCUT2D eigenvalue weighted by Crippen LogP contribution is -2.25. The van der Waals surface area contributed by atoms with E-state index in [-0.39, 0.29) is 21.7 Å². The molecule has 0 unspecified atom stereocenters. The number of rotatable bonds is 36. The summed E-state index contributed by atoms with van der Waals surface area (Å²) in [7, 11) is 0. The third-order valence-electron chi connectivity index (χ3n) is 26.7. The number of hydrogen-bond donors (Lipinski definition) is 0. The molecule has 2 aliphatic carbocycles. The van der Waals surface area contributed by atoms with E-state index in [1.807, 2.05) is 0 Å². The Labute approximate surface area is 757 Å². The Bertz CT molecular complexity index is 5020. The van der Waals surface area contributed by atoms with Crippen molar-refractivity contribution in [1.29, 1.82) is 0 Å². The monoisotopic (exact) mass is 1850 g/mol. The third-order valence-corrected chi connectivity index (χ3v) is 28.7. The fourth-order valence-corrected chi connectivity index (χ4v) is 21.6. The van der Waals surface area contributed by atoms with Gasteiger partial charge in [-0.15, -0.1) is 0 Å². The van der Waals surface area contributed by atoms with E-state index in [1.54, 1.807) is 22.3 Å². The summed E-state index contributed by atoms with van der Waals surface area (Å²) >= 11 is 15.3. The summed E-state index contributed by atoms with van der Waals surface area (Å²) in [6, 6.07) is 84.2. The summed E-state index contributed by atoms with van der Waals surface area (Å²) in [4.78, 5) is 4.79. The van der Waals surface area contributed by atoms with E-state index in [1.165, 1.54) is 300 Å². The SMILES string of the molecule is CCCCCCCCC1(CCCCCCCC)c2cc(Br)ccc2-c2c1cc(-c1ccc(-c3cc4c(c5ccccc35)-c3ccc(Br)cc3C4(CCCCCCCC)CCCCCCCC)cc1)c1ccccc21.Cc1cc(C(C)(C)C)cc(C)c1N(c1ccc(Br)cc1)c1ccc(N(c2ccc(Br)cc2)c2c(C)cc(C(C)(C)C)cc2C)cc1. The van der Waals surface area contributed by atoms with E-state index in [9.17, 15) is 0 Å². The maximum absolute atomic E-state index is 4.00. The highest BCUT2D eigenvalue weighted by Crippen LogP contribution is 2.61. The Morgan fingerprint density at radius 3 is 0.800 bits per heavy atom. The van der Waals surface area contributed by atoms with Crippen molar-refractivity contribution >= 4 is 119 Å². The first-order valence-electron chi connectivity index (χ1n) is 46.2. The fourth-order valence-electron chi connectivity index (χ4n) is 20.3. The standard InChI is InChI=1S/C72H88Br2.C42H46Br2N2/c1-5-9-13-17-21-29-45-71(46-30-22-18-14-10-6-2)65-49-55(73)41-43-61(65)69-59-35-27-25-33-57(59)63(51-67(69)71)53-37-39-54(40-38-53)64-52-68-70(60-36-28-26-34-58(60)64)62-44-42-56(74)50-66(62)72(68,47-31-23-19-15-11-7-3)48-32-24-20-16-12-8-4;1-27-23-31(41(5,6)7)24-28(2)39(27)45(35-15-11-33(43)12-16-35)37-19-21-38(22-20-37)46(36-17-13-34(44)14-18-36)40-29(3)25-32(26-30(40)4)42(8,9)10/h25-28,33-44,49-52H,5-24,29-32,45-48H2,1-4H3;11-26H,1-10H3. The summed E-state index contributed by atoms with van der Waals surface area (Å²) in [6.07, 6.45) is 36.6. The van der Waals surface area contributed by atoms with Crippen molar-refractivity contribution in [3.63, 3.8) is 0 Å². The van der Waals surface area contributed by atoms with Crippen LogP contribution < -0.4 is 9.80 Å². The molecule has 0 amide bonds. The molecule has 12 aromatic rings. The molecule has 0 bridgehead atoms. The summed E-state index contributed by atoms with van der Waals surface area (Å²) in [5.74, 6) is 0. The molecule has 0 atom stereocenters. The van der Waals surface area contributed by atoms with Crippen LogP contribution in [0.15, 0.2) is 236 Å². The van der Waals surface area contributed by atoms with Crippen LogP contribution >= 0.6 is 63.7 Å². The highest BCUT2D eigenvalue weighted by molar-refractivity contribution is 9.11. The maximum Gasteiger partial charge on any atom is 0.0520 e. The van der Waals surface area contributed by atoms with Gasteiger partial charge in [-0.25, -0.2) is 0 Å². The third kappa shape index (κ3) is 20.2. The zero-order chi connectivity index (χ0) is 84.9. The van der Waals surface area contributed by atoms with Gasteiger partial charge >= 0.3 is 0 Å². The predicted molar refractivity (Wildman–Crippen MR) is 540 cm³/mol. The van der Waals surface area contributed by atoms with E-state index in [4.69, 9.17) is 0 Å². The number of benzene rings is 12. The molecule has 0 N–H and O–H groups in total. The zero-order valence-electron chi connectivity index (χ0n) is 75.0. The number of nitrogens with zero attached hydrogens (tertiary/aromatic N) is 2. The summed E-state index contributed by atoms with van der Waals surface area (Å²) in [5, 5.41) is 5.54. The number of anilines is 6. The van der Waals surface area contributed by atoms with Crippen LogP contribution in [0, 0.1) is 27.7 Å². The van der Waals surface area contributed by atoms with Crippen LogP contribution in [0.4, 0.5) is 34.1 Å². The van der Waals surface area contributed by atoms with Gasteiger partial charge in [-0.2, -0.15) is 0 Å². The summed E-state index contributed by atoms with van der Waals surface area (Å²) in [6.45, 7) is 32.0. The Kier molecular flexibility index (Phi) is 30.9. The molecule has 14 rings (SSSR count). The second-order valence-electron chi connectivity index (χ2n) is 37.5. The minimum absolute atomic E-state index is 0.00328. The molecular formula is C114H134Br4N2. The highest BCUT2D eigenvalue weighted by Gasteiger charge is 2.46. The molecule has 120 heavy (non-hydrogen) atoms. The molecule has 2 aliphatic rings. The second-order valence-corrected chi connectivity index (χ2v) is 41.2. The average molecular weight is 1850 g/mol. The van der Waals surface area contributed by atoms with Gasteiger partial charge < -0.3 is 9.80 Å². The minimum atomic E-state index is -0.00328. The second kappa shape index (κ2) is 41.0. The fraction of sp³-hybridized carbons (Fsp3) is 0.404. The van der Waals surface area contributed by atoms with E-state index in [2.05, 4.69) is 389 Å².